The zero-order valence-corrected chi connectivity index (χ0v) is 16.2. The second-order valence-electron chi connectivity index (χ2n) is 5.76. The number of amides is 1. The minimum atomic E-state index is -0.646. The van der Waals surface area contributed by atoms with Crippen molar-refractivity contribution in [2.24, 2.45) is 0 Å². The number of nitrogens with one attached hydrogen (secondary N) is 1. The number of hydrogen-bond acceptors (Lipinski definition) is 4. The molecule has 5 nitrogen and oxygen atoms in total. The predicted octanol–water partition coefficient (Wildman–Crippen LogP) is 4.10. The van der Waals surface area contributed by atoms with Crippen LogP contribution >= 0.6 is 23.2 Å². The van der Waals surface area contributed by atoms with Crippen LogP contribution in [0.3, 0.4) is 0 Å². The molecule has 0 radical (unpaired) electrons. The quantitative estimate of drug-likeness (QED) is 0.693. The van der Waals surface area contributed by atoms with Crippen LogP contribution in [0.2, 0.25) is 10.0 Å². The molecule has 144 valence electrons. The lowest BCUT2D eigenvalue weighted by Gasteiger charge is -2.16. The summed E-state index contributed by atoms with van der Waals surface area (Å²) in [5.74, 6) is -1.62. The van der Waals surface area contributed by atoms with Crippen molar-refractivity contribution in [2.45, 2.75) is 19.4 Å². The summed E-state index contributed by atoms with van der Waals surface area (Å²) in [6, 6.07) is 8.71. The van der Waals surface area contributed by atoms with Crippen molar-refractivity contribution in [2.75, 3.05) is 13.7 Å². The largest absolute Gasteiger partial charge is 0.494 e. The average Bonchev–Trinajstić information content (AvgIpc) is 2.60. The van der Waals surface area contributed by atoms with Crippen LogP contribution in [-0.4, -0.2) is 25.6 Å². The molecule has 2 rings (SSSR count). The van der Waals surface area contributed by atoms with E-state index in [4.69, 9.17) is 32.7 Å². The van der Waals surface area contributed by atoms with Crippen LogP contribution in [0.25, 0.3) is 0 Å². The smallest absolute Gasteiger partial charge is 0.310 e. The normalized spacial score (nSPS) is 11.6. The molecule has 1 amide bonds. The minimum absolute atomic E-state index is 0.0846. The first-order valence-corrected chi connectivity index (χ1v) is 8.78. The van der Waals surface area contributed by atoms with Gasteiger partial charge in [0.1, 0.15) is 0 Å². The summed E-state index contributed by atoms with van der Waals surface area (Å²) in [6.07, 6.45) is -0.160. The molecule has 0 fully saturated rings. The number of hydrogen-bond donors (Lipinski definition) is 1. The second kappa shape index (κ2) is 9.58. The summed E-state index contributed by atoms with van der Waals surface area (Å²) in [5, 5.41) is 3.60. The van der Waals surface area contributed by atoms with Crippen molar-refractivity contribution in [1.29, 1.82) is 0 Å². The molecule has 0 aliphatic carbocycles. The van der Waals surface area contributed by atoms with Gasteiger partial charge in [0.25, 0.3) is 5.91 Å². The van der Waals surface area contributed by atoms with Gasteiger partial charge in [-0.05, 0) is 42.3 Å². The first-order valence-electron chi connectivity index (χ1n) is 8.02. The Morgan fingerprint density at radius 1 is 1.19 bits per heavy atom. The van der Waals surface area contributed by atoms with Crippen LogP contribution in [0.4, 0.5) is 4.39 Å². The van der Waals surface area contributed by atoms with Crippen molar-refractivity contribution in [3.8, 4) is 5.75 Å². The fourth-order valence-corrected chi connectivity index (χ4v) is 2.97. The van der Waals surface area contributed by atoms with E-state index in [0.29, 0.717) is 21.2 Å². The molecular weight excluding hydrogens is 396 g/mol. The molecule has 2 aromatic rings. The number of methoxy groups -OCH3 is 1. The first-order chi connectivity index (χ1) is 12.8. The highest BCUT2D eigenvalue weighted by atomic mass is 35.5. The number of carbonyl (C=O) groups is 2. The van der Waals surface area contributed by atoms with Crippen LogP contribution < -0.4 is 10.1 Å². The molecule has 0 aliphatic rings. The van der Waals surface area contributed by atoms with Gasteiger partial charge in [-0.3, -0.25) is 9.59 Å². The van der Waals surface area contributed by atoms with Crippen LogP contribution in [0, 0.1) is 5.82 Å². The molecule has 0 bridgehead atoms. The molecule has 0 unspecified atom stereocenters. The van der Waals surface area contributed by atoms with Crippen LogP contribution in [-0.2, 0) is 20.7 Å². The molecule has 8 heteroatoms. The molecule has 0 aromatic heterocycles. The number of rotatable bonds is 7. The lowest BCUT2D eigenvalue weighted by Crippen LogP contribution is -2.31. The van der Waals surface area contributed by atoms with Crippen molar-refractivity contribution in [3.63, 3.8) is 0 Å². The van der Waals surface area contributed by atoms with E-state index in [-0.39, 0.29) is 12.2 Å². The van der Waals surface area contributed by atoms with E-state index in [0.717, 1.165) is 0 Å². The van der Waals surface area contributed by atoms with Gasteiger partial charge in [0.2, 0.25) is 0 Å². The lowest BCUT2D eigenvalue weighted by atomic mass is 10.1. The van der Waals surface area contributed by atoms with Crippen molar-refractivity contribution >= 4 is 35.1 Å². The topological polar surface area (TPSA) is 64.6 Å². The Morgan fingerprint density at radius 3 is 2.56 bits per heavy atom. The highest BCUT2D eigenvalue weighted by Gasteiger charge is 2.15. The van der Waals surface area contributed by atoms with Gasteiger partial charge in [-0.15, -0.1) is 0 Å². The van der Waals surface area contributed by atoms with Gasteiger partial charge in [-0.1, -0.05) is 35.3 Å². The molecular formula is C19H18Cl2FNO4. The Bertz CT molecular complexity index is 844. The zero-order chi connectivity index (χ0) is 20.0. The van der Waals surface area contributed by atoms with Gasteiger partial charge in [0, 0.05) is 10.0 Å². The van der Waals surface area contributed by atoms with Gasteiger partial charge >= 0.3 is 5.97 Å². The number of benzene rings is 2. The SMILES string of the molecule is COc1ccc(CC(=O)OCC(=O)N[C@@H](C)c2ccc(Cl)cc2Cl)cc1F. The molecule has 0 spiro atoms. The van der Waals surface area contributed by atoms with E-state index in [1.54, 1.807) is 31.2 Å². The summed E-state index contributed by atoms with van der Waals surface area (Å²) in [5.41, 5.74) is 1.11. The van der Waals surface area contributed by atoms with Gasteiger partial charge < -0.3 is 14.8 Å². The molecule has 0 aliphatic heterocycles. The summed E-state index contributed by atoms with van der Waals surface area (Å²) < 4.78 is 23.4. The summed E-state index contributed by atoms with van der Waals surface area (Å²) in [7, 11) is 1.35. The molecule has 27 heavy (non-hydrogen) atoms. The van der Waals surface area contributed by atoms with E-state index in [1.807, 2.05) is 0 Å². The third-order valence-corrected chi connectivity index (χ3v) is 4.30. The highest BCUT2D eigenvalue weighted by Crippen LogP contribution is 2.26. The number of ether oxygens (including phenoxy) is 2. The Balaban J connectivity index is 1.84. The molecule has 1 N–H and O–H groups in total. The van der Waals surface area contributed by atoms with Gasteiger partial charge in [0.15, 0.2) is 18.2 Å². The van der Waals surface area contributed by atoms with Crippen LogP contribution in [0.1, 0.15) is 24.1 Å². The first kappa shape index (κ1) is 21.0. The summed E-state index contributed by atoms with van der Waals surface area (Å²) in [4.78, 5) is 23.8. The molecule has 0 saturated heterocycles. The minimum Gasteiger partial charge on any atom is -0.494 e. The van der Waals surface area contributed by atoms with E-state index < -0.39 is 30.3 Å². The maximum atomic E-state index is 13.6. The fourth-order valence-electron chi connectivity index (χ4n) is 2.40. The standard InChI is InChI=1S/C19H18Cl2FNO4/c1-11(14-5-4-13(20)9-15(14)21)23-18(24)10-27-19(25)8-12-3-6-17(26-2)16(22)7-12/h3-7,9,11H,8,10H2,1-2H3,(H,23,24)/t11-/m0/s1. The average molecular weight is 414 g/mol. The molecule has 1 atom stereocenters. The Morgan fingerprint density at radius 2 is 1.93 bits per heavy atom. The number of carbonyl (C=O) groups excluding carboxylic acids is 2. The van der Waals surface area contributed by atoms with Crippen molar-refractivity contribution < 1.29 is 23.5 Å². The fraction of sp³-hybridized carbons (Fsp3) is 0.263. The number of halogens is 3. The van der Waals surface area contributed by atoms with Crippen LogP contribution in [0.15, 0.2) is 36.4 Å². The van der Waals surface area contributed by atoms with E-state index in [1.165, 1.54) is 19.2 Å². The van der Waals surface area contributed by atoms with Gasteiger partial charge in [-0.25, -0.2) is 4.39 Å². The Labute approximate surface area is 166 Å². The van der Waals surface area contributed by atoms with E-state index in [9.17, 15) is 14.0 Å². The van der Waals surface area contributed by atoms with Crippen LogP contribution in [0.5, 0.6) is 5.75 Å². The Kier molecular flexibility index (Phi) is 7.45. The monoisotopic (exact) mass is 413 g/mol. The lowest BCUT2D eigenvalue weighted by molar-refractivity contribution is -0.148. The Hall–Kier alpha value is -2.31. The predicted molar refractivity (Wildman–Crippen MR) is 101 cm³/mol. The summed E-state index contributed by atoms with van der Waals surface area (Å²) >= 11 is 11.9. The third-order valence-electron chi connectivity index (χ3n) is 3.74. The van der Waals surface area contributed by atoms with Crippen molar-refractivity contribution in [1.82, 2.24) is 5.32 Å². The van der Waals surface area contributed by atoms with Gasteiger partial charge in [0.05, 0.1) is 19.6 Å². The van der Waals surface area contributed by atoms with E-state index >= 15 is 0 Å². The van der Waals surface area contributed by atoms with Crippen molar-refractivity contribution in [3.05, 3.63) is 63.4 Å². The zero-order valence-electron chi connectivity index (χ0n) is 14.7. The third kappa shape index (κ3) is 6.12. The summed E-state index contributed by atoms with van der Waals surface area (Å²) in [6.45, 7) is 1.29. The molecule has 0 saturated carbocycles. The van der Waals surface area contributed by atoms with Gasteiger partial charge in [-0.2, -0.15) is 0 Å². The molecule has 2 aromatic carbocycles. The maximum Gasteiger partial charge on any atom is 0.310 e. The number of esters is 1. The second-order valence-corrected chi connectivity index (χ2v) is 6.61. The highest BCUT2D eigenvalue weighted by molar-refractivity contribution is 6.35. The van der Waals surface area contributed by atoms with E-state index in [2.05, 4.69) is 5.32 Å². The maximum absolute atomic E-state index is 13.6. The molecule has 0 heterocycles.